The van der Waals surface area contributed by atoms with Gasteiger partial charge >= 0.3 is 0 Å². The average molecular weight is 377 g/mol. The van der Waals surface area contributed by atoms with Crippen molar-refractivity contribution < 1.29 is 9.47 Å². The zero-order chi connectivity index (χ0) is 19.6. The van der Waals surface area contributed by atoms with Crippen LogP contribution in [0.4, 0.5) is 5.69 Å². The maximum absolute atomic E-state index is 9.79. The van der Waals surface area contributed by atoms with Gasteiger partial charge in [0.1, 0.15) is 11.8 Å². The zero-order valence-corrected chi connectivity index (χ0v) is 16.1. The minimum absolute atomic E-state index is 0.518. The van der Waals surface area contributed by atoms with Crippen molar-refractivity contribution in [2.75, 3.05) is 38.3 Å². The Morgan fingerprint density at radius 1 is 1.39 bits per heavy atom. The Labute approximate surface area is 164 Å². The lowest BCUT2D eigenvalue weighted by Crippen LogP contribution is -2.58. The Kier molecular flexibility index (Phi) is 4.90. The van der Waals surface area contributed by atoms with Crippen molar-refractivity contribution in [2.24, 2.45) is 0 Å². The van der Waals surface area contributed by atoms with Crippen LogP contribution in [0.25, 0.3) is 5.52 Å². The molecule has 1 N–H and O–H groups in total. The summed E-state index contributed by atoms with van der Waals surface area (Å²) in [5.41, 5.74) is 2.42. The number of methoxy groups -OCH3 is 1. The van der Waals surface area contributed by atoms with E-state index >= 15 is 0 Å². The standard InChI is InChI=1S/C21H23N5O2/c1-3-25(20-16(13-22)14-24-26-10-5-8-19(20)26)21(15-23-9-11-28-21)17-6-4-7-18(12-17)27-2/h4-8,10,12,14,23H,3,9,11,15H2,1-2H3. The number of nitrogens with zero attached hydrogens (tertiary/aromatic N) is 4. The predicted molar refractivity (Wildman–Crippen MR) is 106 cm³/mol. The molecule has 0 aliphatic carbocycles. The van der Waals surface area contributed by atoms with Crippen LogP contribution in [0.1, 0.15) is 18.1 Å². The maximum atomic E-state index is 9.79. The van der Waals surface area contributed by atoms with Crippen molar-refractivity contribution in [3.05, 3.63) is 59.9 Å². The van der Waals surface area contributed by atoms with Gasteiger partial charge in [-0.3, -0.25) is 0 Å². The van der Waals surface area contributed by atoms with Gasteiger partial charge in [-0.25, -0.2) is 4.52 Å². The molecule has 7 nitrogen and oxygen atoms in total. The second-order valence-electron chi connectivity index (χ2n) is 6.64. The quantitative estimate of drug-likeness (QED) is 0.736. The number of fused-ring (bicyclic) bond motifs is 1. The molecule has 144 valence electrons. The first kappa shape index (κ1) is 18.3. The fourth-order valence-corrected chi connectivity index (χ4v) is 3.92. The van der Waals surface area contributed by atoms with Crippen LogP contribution in [-0.2, 0) is 10.5 Å². The highest BCUT2D eigenvalue weighted by atomic mass is 16.5. The van der Waals surface area contributed by atoms with Crippen LogP contribution in [0, 0.1) is 11.3 Å². The maximum Gasteiger partial charge on any atom is 0.180 e. The molecule has 0 spiro atoms. The lowest BCUT2D eigenvalue weighted by atomic mass is 9.97. The molecule has 1 aromatic carbocycles. The van der Waals surface area contributed by atoms with Crippen molar-refractivity contribution in [2.45, 2.75) is 12.6 Å². The van der Waals surface area contributed by atoms with Crippen LogP contribution in [0.2, 0.25) is 0 Å². The lowest BCUT2D eigenvalue weighted by molar-refractivity contribution is -0.0724. The van der Waals surface area contributed by atoms with E-state index in [-0.39, 0.29) is 0 Å². The second-order valence-corrected chi connectivity index (χ2v) is 6.64. The van der Waals surface area contributed by atoms with Crippen molar-refractivity contribution in [1.29, 1.82) is 5.26 Å². The Morgan fingerprint density at radius 3 is 3.00 bits per heavy atom. The lowest BCUT2D eigenvalue weighted by Gasteiger charge is -2.47. The van der Waals surface area contributed by atoms with Gasteiger partial charge in [0, 0.05) is 31.4 Å². The summed E-state index contributed by atoms with van der Waals surface area (Å²) in [6.45, 7) is 4.66. The van der Waals surface area contributed by atoms with Gasteiger partial charge in [-0.2, -0.15) is 10.4 Å². The molecular weight excluding hydrogens is 354 g/mol. The molecule has 0 amide bonds. The third-order valence-corrected chi connectivity index (χ3v) is 5.18. The van der Waals surface area contributed by atoms with Gasteiger partial charge in [0.15, 0.2) is 5.72 Å². The first-order valence-electron chi connectivity index (χ1n) is 9.37. The Bertz CT molecular complexity index is 1020. The third kappa shape index (κ3) is 2.87. The fraction of sp³-hybridized carbons (Fsp3) is 0.333. The first-order chi connectivity index (χ1) is 13.7. The largest absolute Gasteiger partial charge is 0.497 e. The number of likely N-dealkylation sites (N-methyl/N-ethyl adjacent to an activating group) is 1. The molecule has 0 saturated carbocycles. The highest BCUT2D eigenvalue weighted by Crippen LogP contribution is 2.39. The van der Waals surface area contributed by atoms with E-state index in [0.717, 1.165) is 29.1 Å². The minimum atomic E-state index is -0.765. The molecule has 7 heteroatoms. The Morgan fingerprint density at radius 2 is 2.29 bits per heavy atom. The molecule has 1 unspecified atom stereocenters. The van der Waals surface area contributed by atoms with E-state index in [1.165, 1.54) is 0 Å². The van der Waals surface area contributed by atoms with E-state index in [0.29, 0.717) is 25.3 Å². The molecule has 3 heterocycles. The molecule has 1 aliphatic rings. The van der Waals surface area contributed by atoms with Crippen molar-refractivity contribution >= 4 is 11.2 Å². The molecular formula is C21H23N5O2. The Balaban J connectivity index is 1.95. The highest BCUT2D eigenvalue weighted by molar-refractivity contribution is 5.79. The molecule has 3 aromatic rings. The van der Waals surface area contributed by atoms with Crippen LogP contribution < -0.4 is 15.0 Å². The molecule has 28 heavy (non-hydrogen) atoms. The summed E-state index contributed by atoms with van der Waals surface area (Å²) in [6.07, 6.45) is 3.49. The van der Waals surface area contributed by atoms with E-state index in [1.807, 2.05) is 42.6 Å². The van der Waals surface area contributed by atoms with Crippen LogP contribution in [0.5, 0.6) is 5.75 Å². The van der Waals surface area contributed by atoms with E-state index in [2.05, 4.69) is 28.3 Å². The van der Waals surface area contributed by atoms with Gasteiger partial charge in [-0.1, -0.05) is 12.1 Å². The summed E-state index contributed by atoms with van der Waals surface area (Å²) in [6, 6.07) is 14.1. The van der Waals surface area contributed by atoms with Crippen LogP contribution in [0.3, 0.4) is 0 Å². The van der Waals surface area contributed by atoms with Gasteiger partial charge < -0.3 is 19.7 Å². The summed E-state index contributed by atoms with van der Waals surface area (Å²) in [7, 11) is 1.66. The van der Waals surface area contributed by atoms with E-state index in [1.54, 1.807) is 17.8 Å². The number of aromatic nitrogens is 2. The molecule has 1 fully saturated rings. The highest BCUT2D eigenvalue weighted by Gasteiger charge is 2.42. The van der Waals surface area contributed by atoms with Crippen molar-refractivity contribution in [1.82, 2.24) is 14.9 Å². The number of nitrogens with one attached hydrogen (secondary N) is 1. The van der Waals surface area contributed by atoms with E-state index in [4.69, 9.17) is 9.47 Å². The average Bonchev–Trinajstić information content (AvgIpc) is 3.24. The fourth-order valence-electron chi connectivity index (χ4n) is 3.92. The zero-order valence-electron chi connectivity index (χ0n) is 16.1. The Hall–Kier alpha value is -3.08. The molecule has 4 rings (SSSR count). The molecule has 1 saturated heterocycles. The summed E-state index contributed by atoms with van der Waals surface area (Å²) >= 11 is 0. The minimum Gasteiger partial charge on any atom is -0.497 e. The normalized spacial score (nSPS) is 19.3. The van der Waals surface area contributed by atoms with Crippen LogP contribution >= 0.6 is 0 Å². The van der Waals surface area contributed by atoms with E-state index < -0.39 is 5.72 Å². The van der Waals surface area contributed by atoms with Gasteiger partial charge in [0.25, 0.3) is 0 Å². The van der Waals surface area contributed by atoms with Gasteiger partial charge in [-0.05, 0) is 31.2 Å². The van der Waals surface area contributed by atoms with Gasteiger partial charge in [0.05, 0.1) is 36.7 Å². The number of hydrogen-bond donors (Lipinski definition) is 1. The number of morpholine rings is 1. The smallest absolute Gasteiger partial charge is 0.180 e. The second kappa shape index (κ2) is 7.50. The number of nitriles is 1. The van der Waals surface area contributed by atoms with Gasteiger partial charge in [0.2, 0.25) is 0 Å². The number of benzene rings is 1. The van der Waals surface area contributed by atoms with Crippen LogP contribution in [-0.4, -0.2) is 43.0 Å². The first-order valence-corrected chi connectivity index (χ1v) is 9.37. The SMILES string of the molecule is CCN(c1c(C#N)cnn2cccc12)C1(c2cccc(OC)c2)CNCCO1. The monoisotopic (exact) mass is 377 g/mol. The molecule has 1 aliphatic heterocycles. The number of hydrogen-bond acceptors (Lipinski definition) is 6. The third-order valence-electron chi connectivity index (χ3n) is 5.18. The van der Waals surface area contributed by atoms with Crippen molar-refractivity contribution in [3.63, 3.8) is 0 Å². The number of ether oxygens (including phenoxy) is 2. The number of anilines is 1. The summed E-state index contributed by atoms with van der Waals surface area (Å²) in [5.74, 6) is 0.769. The van der Waals surface area contributed by atoms with Crippen molar-refractivity contribution in [3.8, 4) is 11.8 Å². The predicted octanol–water partition coefficient (Wildman–Crippen LogP) is 2.51. The molecule has 0 bridgehead atoms. The number of rotatable bonds is 5. The molecule has 0 radical (unpaired) electrons. The topological polar surface area (TPSA) is 74.8 Å². The molecule has 1 atom stereocenters. The summed E-state index contributed by atoms with van der Waals surface area (Å²) in [4.78, 5) is 2.16. The summed E-state index contributed by atoms with van der Waals surface area (Å²) in [5, 5.41) is 17.6. The molecule has 2 aromatic heterocycles. The summed E-state index contributed by atoms with van der Waals surface area (Å²) < 4.78 is 13.7. The van der Waals surface area contributed by atoms with E-state index in [9.17, 15) is 5.26 Å². The van der Waals surface area contributed by atoms with Crippen LogP contribution in [0.15, 0.2) is 48.8 Å². The van der Waals surface area contributed by atoms with Gasteiger partial charge in [-0.15, -0.1) is 0 Å².